The maximum atomic E-state index is 12.4. The normalized spacial score (nSPS) is 11.7. The second-order valence-corrected chi connectivity index (χ2v) is 7.16. The van der Waals surface area contributed by atoms with E-state index in [-0.39, 0.29) is 11.4 Å². The van der Waals surface area contributed by atoms with Gasteiger partial charge in [0.25, 0.3) is 0 Å². The van der Waals surface area contributed by atoms with Crippen molar-refractivity contribution in [3.05, 3.63) is 46.7 Å². The van der Waals surface area contributed by atoms with Gasteiger partial charge in [0.15, 0.2) is 5.82 Å². The molecule has 1 aromatic carbocycles. The highest BCUT2D eigenvalue weighted by Crippen LogP contribution is 2.19. The van der Waals surface area contributed by atoms with Crippen molar-refractivity contribution in [2.75, 3.05) is 0 Å². The van der Waals surface area contributed by atoms with Gasteiger partial charge in [-0.1, -0.05) is 12.1 Å². The van der Waals surface area contributed by atoms with E-state index in [4.69, 9.17) is 0 Å². The van der Waals surface area contributed by atoms with Crippen LogP contribution >= 0.6 is 11.3 Å². The Bertz CT molecular complexity index is 871. The molecule has 0 fully saturated rings. The third kappa shape index (κ3) is 3.06. The predicted molar refractivity (Wildman–Crippen MR) is 82.6 cm³/mol. The molecule has 0 bridgehead atoms. The summed E-state index contributed by atoms with van der Waals surface area (Å²) in [6.45, 7) is 0.265. The maximum absolute atomic E-state index is 12.4. The Morgan fingerprint density at radius 1 is 1.32 bits per heavy atom. The molecule has 3 aromatic rings. The summed E-state index contributed by atoms with van der Waals surface area (Å²) in [5, 5.41) is 15.0. The maximum Gasteiger partial charge on any atom is 0.240 e. The number of rotatable bonds is 5. The average Bonchev–Trinajstić information content (AvgIpc) is 3.17. The highest BCUT2D eigenvalue weighted by Gasteiger charge is 2.16. The third-order valence-electron chi connectivity index (χ3n) is 3.07. The number of hydrogen-bond acceptors (Lipinski definition) is 6. The molecule has 0 saturated heterocycles. The molecular formula is C13H13N5O2S2. The van der Waals surface area contributed by atoms with E-state index in [0.29, 0.717) is 11.4 Å². The van der Waals surface area contributed by atoms with Crippen molar-refractivity contribution in [3.8, 4) is 11.4 Å². The molecule has 3 rings (SSSR count). The molecule has 7 nitrogen and oxygen atoms in total. The summed E-state index contributed by atoms with van der Waals surface area (Å²) >= 11 is 1.53. The fourth-order valence-electron chi connectivity index (χ4n) is 1.93. The smallest absolute Gasteiger partial charge is 0.229 e. The summed E-state index contributed by atoms with van der Waals surface area (Å²) < 4.78 is 28.8. The lowest BCUT2D eigenvalue weighted by Gasteiger charge is -2.07. The van der Waals surface area contributed by atoms with Crippen LogP contribution in [0.3, 0.4) is 0 Å². The van der Waals surface area contributed by atoms with E-state index in [1.54, 1.807) is 31.3 Å². The van der Waals surface area contributed by atoms with Crippen LogP contribution in [0.4, 0.5) is 0 Å². The van der Waals surface area contributed by atoms with Gasteiger partial charge in [-0.15, -0.1) is 5.10 Å². The Kier molecular flexibility index (Phi) is 4.01. The number of thiophene rings is 1. The molecule has 0 spiro atoms. The Balaban J connectivity index is 1.86. The number of hydrogen-bond donors (Lipinski definition) is 1. The van der Waals surface area contributed by atoms with Gasteiger partial charge in [-0.05, 0) is 44.9 Å². The Hall–Kier alpha value is -2.10. The number of aromatic nitrogens is 4. The molecule has 0 atom stereocenters. The minimum atomic E-state index is -3.59. The summed E-state index contributed by atoms with van der Waals surface area (Å²) in [7, 11) is -1.89. The Labute approximate surface area is 131 Å². The minimum absolute atomic E-state index is 0.184. The van der Waals surface area contributed by atoms with Crippen molar-refractivity contribution >= 4 is 21.4 Å². The molecule has 0 unspecified atom stereocenters. The Morgan fingerprint density at radius 3 is 2.86 bits per heavy atom. The zero-order valence-electron chi connectivity index (χ0n) is 11.7. The molecule has 0 amide bonds. The summed E-state index contributed by atoms with van der Waals surface area (Å²) in [6.07, 6.45) is 0. The van der Waals surface area contributed by atoms with E-state index in [9.17, 15) is 8.42 Å². The second kappa shape index (κ2) is 5.95. The molecular weight excluding hydrogens is 322 g/mol. The number of tetrazole rings is 1. The zero-order chi connectivity index (χ0) is 15.6. The van der Waals surface area contributed by atoms with Crippen molar-refractivity contribution in [1.29, 1.82) is 0 Å². The summed E-state index contributed by atoms with van der Waals surface area (Å²) in [5.74, 6) is 0.509. The van der Waals surface area contributed by atoms with Gasteiger partial charge < -0.3 is 0 Å². The van der Waals surface area contributed by atoms with Gasteiger partial charge in [0.1, 0.15) is 0 Å². The number of aryl methyl sites for hydroxylation is 1. The highest BCUT2D eigenvalue weighted by atomic mass is 32.2. The van der Waals surface area contributed by atoms with Gasteiger partial charge in [0.2, 0.25) is 10.0 Å². The number of sulfonamides is 1. The first-order valence-electron chi connectivity index (χ1n) is 6.40. The molecule has 2 heterocycles. The molecule has 0 aliphatic heterocycles. The molecule has 0 aliphatic rings. The van der Waals surface area contributed by atoms with Gasteiger partial charge >= 0.3 is 0 Å². The molecule has 2 aromatic heterocycles. The average molecular weight is 335 g/mol. The molecule has 0 radical (unpaired) electrons. The highest BCUT2D eigenvalue weighted by molar-refractivity contribution is 7.89. The van der Waals surface area contributed by atoms with Crippen LogP contribution in [0.5, 0.6) is 0 Å². The van der Waals surface area contributed by atoms with Crippen molar-refractivity contribution in [2.24, 2.45) is 7.05 Å². The van der Waals surface area contributed by atoms with Gasteiger partial charge in [-0.2, -0.15) is 11.3 Å². The monoisotopic (exact) mass is 335 g/mol. The van der Waals surface area contributed by atoms with Gasteiger partial charge in [-0.3, -0.25) is 0 Å². The van der Waals surface area contributed by atoms with E-state index in [1.807, 2.05) is 16.8 Å². The molecule has 9 heteroatoms. The fraction of sp³-hybridized carbons (Fsp3) is 0.154. The standard InChI is InChI=1S/C13H13N5O2S2/c1-18-13(15-16-17-18)11-3-2-4-12(7-11)22(19,20)14-8-10-5-6-21-9-10/h2-7,9,14H,8H2,1H3. The third-order valence-corrected chi connectivity index (χ3v) is 5.20. The first kappa shape index (κ1) is 14.8. The zero-order valence-corrected chi connectivity index (χ0v) is 13.3. The van der Waals surface area contributed by atoms with Crippen LogP contribution in [0.2, 0.25) is 0 Å². The quantitative estimate of drug-likeness (QED) is 0.761. The van der Waals surface area contributed by atoms with Gasteiger partial charge in [0, 0.05) is 19.2 Å². The minimum Gasteiger partial charge on any atom is -0.229 e. The van der Waals surface area contributed by atoms with Crippen LogP contribution in [0.15, 0.2) is 46.0 Å². The SMILES string of the molecule is Cn1nnnc1-c1cccc(S(=O)(=O)NCc2ccsc2)c1. The van der Waals surface area contributed by atoms with Crippen LogP contribution in [-0.2, 0) is 23.6 Å². The van der Waals surface area contributed by atoms with E-state index in [1.165, 1.54) is 16.0 Å². The topological polar surface area (TPSA) is 89.8 Å². The lowest BCUT2D eigenvalue weighted by Crippen LogP contribution is -2.23. The summed E-state index contributed by atoms with van der Waals surface area (Å²) in [6, 6.07) is 8.42. The summed E-state index contributed by atoms with van der Waals surface area (Å²) in [4.78, 5) is 0.184. The van der Waals surface area contributed by atoms with E-state index in [0.717, 1.165) is 5.56 Å². The molecule has 0 saturated carbocycles. The van der Waals surface area contributed by atoms with Crippen LogP contribution < -0.4 is 4.72 Å². The van der Waals surface area contributed by atoms with Gasteiger partial charge in [0.05, 0.1) is 4.90 Å². The largest absolute Gasteiger partial charge is 0.240 e. The number of nitrogens with zero attached hydrogens (tertiary/aromatic N) is 4. The molecule has 0 aliphatic carbocycles. The van der Waals surface area contributed by atoms with E-state index < -0.39 is 10.0 Å². The first-order chi connectivity index (χ1) is 10.6. The van der Waals surface area contributed by atoms with Crippen LogP contribution in [0.25, 0.3) is 11.4 Å². The molecule has 22 heavy (non-hydrogen) atoms. The van der Waals surface area contributed by atoms with Crippen LogP contribution in [0.1, 0.15) is 5.56 Å². The number of benzene rings is 1. The van der Waals surface area contributed by atoms with Crippen LogP contribution in [-0.4, -0.2) is 28.6 Å². The lowest BCUT2D eigenvalue weighted by atomic mass is 10.2. The summed E-state index contributed by atoms with van der Waals surface area (Å²) in [5.41, 5.74) is 1.58. The van der Waals surface area contributed by atoms with E-state index >= 15 is 0 Å². The predicted octanol–water partition coefficient (Wildman–Crippen LogP) is 1.42. The lowest BCUT2D eigenvalue weighted by molar-refractivity contribution is 0.581. The molecule has 114 valence electrons. The van der Waals surface area contributed by atoms with Crippen molar-refractivity contribution < 1.29 is 8.42 Å². The first-order valence-corrected chi connectivity index (χ1v) is 8.82. The van der Waals surface area contributed by atoms with Crippen molar-refractivity contribution in [2.45, 2.75) is 11.4 Å². The number of nitrogens with one attached hydrogen (secondary N) is 1. The van der Waals surface area contributed by atoms with E-state index in [2.05, 4.69) is 20.2 Å². The fourth-order valence-corrected chi connectivity index (χ4v) is 3.66. The molecule has 1 N–H and O–H groups in total. The second-order valence-electron chi connectivity index (χ2n) is 4.61. The van der Waals surface area contributed by atoms with Crippen LogP contribution in [0, 0.1) is 0 Å². The van der Waals surface area contributed by atoms with Gasteiger partial charge in [-0.25, -0.2) is 17.8 Å². The van der Waals surface area contributed by atoms with Crippen molar-refractivity contribution in [1.82, 2.24) is 24.9 Å². The Morgan fingerprint density at radius 2 is 2.18 bits per heavy atom. The van der Waals surface area contributed by atoms with Crippen molar-refractivity contribution in [3.63, 3.8) is 0 Å².